The van der Waals surface area contributed by atoms with E-state index in [0.29, 0.717) is 62.1 Å². The molecule has 1 atom stereocenters. The van der Waals surface area contributed by atoms with E-state index < -0.39 is 17.7 Å². The van der Waals surface area contributed by atoms with Crippen LogP contribution in [0.2, 0.25) is 0 Å². The molecule has 2 saturated heterocycles. The number of aromatic nitrogens is 1. The molecule has 9 nitrogen and oxygen atoms in total. The summed E-state index contributed by atoms with van der Waals surface area (Å²) < 4.78 is 16.6. The molecule has 0 unspecified atom stereocenters. The van der Waals surface area contributed by atoms with Gasteiger partial charge < -0.3 is 24.2 Å². The number of benzene rings is 1. The summed E-state index contributed by atoms with van der Waals surface area (Å²) in [4.78, 5) is 34.4. The molecule has 5 rings (SSSR count). The summed E-state index contributed by atoms with van der Waals surface area (Å²) in [7, 11) is 0. The number of pyridine rings is 1. The Morgan fingerprint density at radius 1 is 1.00 bits per heavy atom. The molecule has 1 aromatic carbocycles. The molecule has 0 radical (unpaired) electrons. The third-order valence-electron chi connectivity index (χ3n) is 6.30. The van der Waals surface area contributed by atoms with Gasteiger partial charge in [0.05, 0.1) is 24.5 Å². The SMILES string of the molecule is O=C1C(=O)N(CCCN2CCOCC2)[C@H](c2ccccn2)C1=C(O)c1ccc2c(c1)OCCO2. The van der Waals surface area contributed by atoms with Crippen LogP contribution in [0, 0.1) is 0 Å². The smallest absolute Gasteiger partial charge is 0.295 e. The van der Waals surface area contributed by atoms with Gasteiger partial charge in [-0.25, -0.2) is 0 Å². The van der Waals surface area contributed by atoms with Crippen molar-refractivity contribution < 1.29 is 28.9 Å². The minimum absolute atomic E-state index is 0.0340. The second-order valence-electron chi connectivity index (χ2n) is 8.41. The predicted molar refractivity (Wildman–Crippen MR) is 123 cm³/mol. The maximum Gasteiger partial charge on any atom is 0.295 e. The minimum Gasteiger partial charge on any atom is -0.507 e. The topological polar surface area (TPSA) is 101 Å². The van der Waals surface area contributed by atoms with Gasteiger partial charge in [-0.2, -0.15) is 0 Å². The van der Waals surface area contributed by atoms with Crippen molar-refractivity contribution >= 4 is 17.4 Å². The number of aliphatic hydroxyl groups is 1. The molecule has 0 saturated carbocycles. The zero-order chi connectivity index (χ0) is 23.5. The molecule has 178 valence electrons. The third-order valence-corrected chi connectivity index (χ3v) is 6.30. The molecule has 1 N–H and O–H groups in total. The number of Topliss-reactive ketones (excluding diaryl/α,β-unsaturated/α-hetero) is 1. The van der Waals surface area contributed by atoms with E-state index in [4.69, 9.17) is 14.2 Å². The molecule has 3 aliphatic rings. The summed E-state index contributed by atoms with van der Waals surface area (Å²) in [6.45, 7) is 5.14. The minimum atomic E-state index is -0.765. The van der Waals surface area contributed by atoms with Gasteiger partial charge in [0.25, 0.3) is 11.7 Å². The molecule has 3 aliphatic heterocycles. The number of likely N-dealkylation sites (tertiary alicyclic amines) is 1. The lowest BCUT2D eigenvalue weighted by atomic mass is 9.98. The zero-order valence-corrected chi connectivity index (χ0v) is 18.8. The Hall–Kier alpha value is -3.43. The van der Waals surface area contributed by atoms with Crippen molar-refractivity contribution in [3.63, 3.8) is 0 Å². The van der Waals surface area contributed by atoms with E-state index in [0.717, 1.165) is 19.6 Å². The molecule has 0 spiro atoms. The van der Waals surface area contributed by atoms with Gasteiger partial charge in [0.2, 0.25) is 0 Å². The number of ketones is 1. The van der Waals surface area contributed by atoms with E-state index in [1.165, 1.54) is 4.90 Å². The number of morpholine rings is 1. The van der Waals surface area contributed by atoms with Gasteiger partial charge in [0.15, 0.2) is 11.5 Å². The van der Waals surface area contributed by atoms with Gasteiger partial charge in [-0.05, 0) is 36.8 Å². The van der Waals surface area contributed by atoms with E-state index in [-0.39, 0.29) is 11.3 Å². The highest BCUT2D eigenvalue weighted by atomic mass is 16.6. The van der Waals surface area contributed by atoms with Gasteiger partial charge in [-0.3, -0.25) is 19.5 Å². The van der Waals surface area contributed by atoms with E-state index in [2.05, 4.69) is 9.88 Å². The van der Waals surface area contributed by atoms with Crippen molar-refractivity contribution in [1.29, 1.82) is 0 Å². The lowest BCUT2D eigenvalue weighted by Crippen LogP contribution is -2.39. The summed E-state index contributed by atoms with van der Waals surface area (Å²) >= 11 is 0. The van der Waals surface area contributed by atoms with E-state index in [9.17, 15) is 14.7 Å². The van der Waals surface area contributed by atoms with Crippen LogP contribution in [0.25, 0.3) is 5.76 Å². The molecule has 34 heavy (non-hydrogen) atoms. The Bertz CT molecular complexity index is 1100. The van der Waals surface area contributed by atoms with Gasteiger partial charge in [0, 0.05) is 37.9 Å². The highest BCUT2D eigenvalue weighted by molar-refractivity contribution is 6.46. The van der Waals surface area contributed by atoms with Crippen molar-refractivity contribution in [2.24, 2.45) is 0 Å². The number of carbonyl (C=O) groups excluding carboxylic acids is 2. The second-order valence-corrected chi connectivity index (χ2v) is 8.41. The monoisotopic (exact) mass is 465 g/mol. The van der Waals surface area contributed by atoms with Crippen LogP contribution in [-0.2, 0) is 14.3 Å². The van der Waals surface area contributed by atoms with Crippen LogP contribution < -0.4 is 9.47 Å². The van der Waals surface area contributed by atoms with E-state index in [1.807, 2.05) is 0 Å². The van der Waals surface area contributed by atoms with Gasteiger partial charge >= 0.3 is 0 Å². The Kier molecular flexibility index (Phi) is 6.46. The Morgan fingerprint density at radius 2 is 1.79 bits per heavy atom. The average Bonchev–Trinajstić information content (AvgIpc) is 3.14. The summed E-state index contributed by atoms with van der Waals surface area (Å²) in [6.07, 6.45) is 2.31. The van der Waals surface area contributed by atoms with E-state index in [1.54, 1.807) is 42.6 Å². The van der Waals surface area contributed by atoms with Gasteiger partial charge in [0.1, 0.15) is 25.0 Å². The number of hydrogen-bond acceptors (Lipinski definition) is 8. The number of fused-ring (bicyclic) bond motifs is 1. The number of rotatable bonds is 6. The van der Waals surface area contributed by atoms with Crippen LogP contribution in [0.1, 0.15) is 23.7 Å². The summed E-state index contributed by atoms with van der Waals surface area (Å²) in [5.74, 6) is -0.523. The Balaban J connectivity index is 1.46. The summed E-state index contributed by atoms with van der Waals surface area (Å²) in [6, 6.07) is 9.56. The molecule has 1 aromatic heterocycles. The quantitative estimate of drug-likeness (QED) is 0.393. The standard InChI is InChI=1S/C25H27N3O6/c29-23(17-5-6-19-20(16-17)34-15-14-33-19)21-22(18-4-1-2-7-26-18)28(25(31)24(21)30)9-3-8-27-10-12-32-13-11-27/h1-2,4-7,16,22,29H,3,8-15H2/t22-/m1/s1. The first-order valence-electron chi connectivity index (χ1n) is 11.5. The second kappa shape index (κ2) is 9.82. The molecular formula is C25H27N3O6. The highest BCUT2D eigenvalue weighted by Gasteiger charge is 2.46. The normalized spacial score (nSPS) is 22.2. The fourth-order valence-electron chi connectivity index (χ4n) is 4.59. The van der Waals surface area contributed by atoms with Crippen molar-refractivity contribution in [3.05, 3.63) is 59.4 Å². The number of nitrogens with zero attached hydrogens (tertiary/aromatic N) is 3. The molecule has 0 bridgehead atoms. The van der Waals surface area contributed by atoms with Crippen molar-refractivity contribution in [2.75, 3.05) is 52.6 Å². The lowest BCUT2D eigenvalue weighted by molar-refractivity contribution is -0.140. The van der Waals surface area contributed by atoms with Crippen molar-refractivity contribution in [3.8, 4) is 11.5 Å². The van der Waals surface area contributed by atoms with Crippen LogP contribution in [0.15, 0.2) is 48.2 Å². The summed E-state index contributed by atoms with van der Waals surface area (Å²) in [5.41, 5.74) is 0.954. The highest BCUT2D eigenvalue weighted by Crippen LogP contribution is 2.40. The first kappa shape index (κ1) is 22.4. The van der Waals surface area contributed by atoms with Crippen LogP contribution in [0.5, 0.6) is 11.5 Å². The van der Waals surface area contributed by atoms with Crippen LogP contribution in [0.3, 0.4) is 0 Å². The number of amides is 1. The molecule has 2 aromatic rings. The van der Waals surface area contributed by atoms with Crippen LogP contribution in [-0.4, -0.2) is 84.2 Å². The molecular weight excluding hydrogens is 438 g/mol. The fraction of sp³-hybridized carbons (Fsp3) is 0.400. The number of carbonyl (C=O) groups is 2. The maximum absolute atomic E-state index is 13.1. The Morgan fingerprint density at radius 3 is 2.56 bits per heavy atom. The lowest BCUT2D eigenvalue weighted by Gasteiger charge is -2.29. The average molecular weight is 466 g/mol. The third kappa shape index (κ3) is 4.36. The van der Waals surface area contributed by atoms with Crippen LogP contribution in [0.4, 0.5) is 0 Å². The van der Waals surface area contributed by atoms with E-state index >= 15 is 0 Å². The first-order valence-corrected chi connectivity index (χ1v) is 11.5. The molecule has 4 heterocycles. The number of ether oxygens (including phenoxy) is 3. The largest absolute Gasteiger partial charge is 0.507 e. The van der Waals surface area contributed by atoms with Gasteiger partial charge in [-0.15, -0.1) is 0 Å². The number of hydrogen-bond donors (Lipinski definition) is 1. The molecule has 0 aliphatic carbocycles. The molecule has 9 heteroatoms. The van der Waals surface area contributed by atoms with Crippen molar-refractivity contribution in [2.45, 2.75) is 12.5 Å². The molecule has 2 fully saturated rings. The molecule has 1 amide bonds. The fourth-order valence-corrected chi connectivity index (χ4v) is 4.59. The first-order chi connectivity index (χ1) is 16.6. The van der Waals surface area contributed by atoms with Crippen LogP contribution >= 0.6 is 0 Å². The Labute approximate surface area is 197 Å². The number of aliphatic hydroxyl groups excluding tert-OH is 1. The maximum atomic E-state index is 13.1. The zero-order valence-electron chi connectivity index (χ0n) is 18.8. The summed E-state index contributed by atoms with van der Waals surface area (Å²) in [5, 5.41) is 11.2. The predicted octanol–water partition coefficient (Wildman–Crippen LogP) is 2.00. The van der Waals surface area contributed by atoms with Crippen molar-refractivity contribution in [1.82, 2.24) is 14.8 Å². The van der Waals surface area contributed by atoms with Gasteiger partial charge in [-0.1, -0.05) is 6.07 Å².